The van der Waals surface area contributed by atoms with E-state index in [9.17, 15) is 18.4 Å². The summed E-state index contributed by atoms with van der Waals surface area (Å²) in [4.78, 5) is 28.2. The molecule has 0 atom stereocenters. The minimum absolute atomic E-state index is 0.118. The van der Waals surface area contributed by atoms with Gasteiger partial charge < -0.3 is 5.32 Å². The molecular formula is C16H13F2N3O2S. The number of fused-ring (bicyclic) bond motifs is 1. The molecule has 1 N–H and O–H groups in total. The highest BCUT2D eigenvalue weighted by Crippen LogP contribution is 2.13. The number of nitrogens with zero attached hydrogens (tertiary/aromatic N) is 2. The van der Waals surface area contributed by atoms with Crippen LogP contribution in [0.15, 0.2) is 40.8 Å². The molecule has 3 rings (SSSR count). The Bertz CT molecular complexity index is 952. The summed E-state index contributed by atoms with van der Waals surface area (Å²) >= 11 is 1.32. The van der Waals surface area contributed by atoms with Gasteiger partial charge in [0.2, 0.25) is 5.91 Å². The molecule has 5 nitrogen and oxygen atoms in total. The molecule has 124 valence electrons. The van der Waals surface area contributed by atoms with Gasteiger partial charge >= 0.3 is 0 Å². The minimum Gasteiger partial charge on any atom is -0.354 e. The summed E-state index contributed by atoms with van der Waals surface area (Å²) < 4.78 is 28.3. The average Bonchev–Trinajstić information content (AvgIpc) is 3.02. The van der Waals surface area contributed by atoms with Crippen molar-refractivity contribution >= 4 is 27.5 Å². The van der Waals surface area contributed by atoms with Gasteiger partial charge in [-0.1, -0.05) is 6.07 Å². The minimum atomic E-state index is -0.756. The summed E-state index contributed by atoms with van der Waals surface area (Å²) in [6.07, 6.45) is 1.24. The van der Waals surface area contributed by atoms with E-state index in [0.29, 0.717) is 10.2 Å². The summed E-state index contributed by atoms with van der Waals surface area (Å²) in [6, 6.07) is 4.85. The van der Waals surface area contributed by atoms with Gasteiger partial charge in [0.05, 0.1) is 18.3 Å². The number of carbonyl (C=O) groups excluding carboxylic acids is 1. The molecule has 2 heterocycles. The lowest BCUT2D eigenvalue weighted by Gasteiger charge is -2.08. The summed E-state index contributed by atoms with van der Waals surface area (Å²) in [7, 11) is 0. The van der Waals surface area contributed by atoms with Crippen LogP contribution in [0.4, 0.5) is 8.78 Å². The monoisotopic (exact) mass is 349 g/mol. The van der Waals surface area contributed by atoms with Crippen LogP contribution in [0, 0.1) is 11.6 Å². The molecule has 24 heavy (non-hydrogen) atoms. The molecule has 0 spiro atoms. The number of amides is 1. The second kappa shape index (κ2) is 6.88. The zero-order chi connectivity index (χ0) is 17.1. The summed E-state index contributed by atoms with van der Waals surface area (Å²) in [6.45, 7) is 0.470. The maximum Gasteiger partial charge on any atom is 0.271 e. The van der Waals surface area contributed by atoms with Gasteiger partial charge in [-0.15, -0.1) is 11.3 Å². The van der Waals surface area contributed by atoms with Gasteiger partial charge in [-0.05, 0) is 23.1 Å². The van der Waals surface area contributed by atoms with Crippen LogP contribution in [0.5, 0.6) is 0 Å². The fraction of sp³-hybridized carbons (Fsp3) is 0.188. The maximum absolute atomic E-state index is 13.5. The first-order valence-electron chi connectivity index (χ1n) is 7.18. The molecule has 1 aromatic carbocycles. The topological polar surface area (TPSA) is 64.0 Å². The third-order valence-corrected chi connectivity index (χ3v) is 4.37. The van der Waals surface area contributed by atoms with Crippen LogP contribution in [-0.4, -0.2) is 22.0 Å². The van der Waals surface area contributed by atoms with Crippen LogP contribution in [0.2, 0.25) is 0 Å². The van der Waals surface area contributed by atoms with Crippen molar-refractivity contribution in [1.29, 1.82) is 0 Å². The first kappa shape index (κ1) is 16.3. The molecular weight excluding hydrogens is 336 g/mol. The summed E-state index contributed by atoms with van der Waals surface area (Å²) in [5.41, 5.74) is 0.610. The van der Waals surface area contributed by atoms with Gasteiger partial charge in [-0.3, -0.25) is 14.2 Å². The van der Waals surface area contributed by atoms with E-state index in [1.807, 2.05) is 0 Å². The molecule has 0 aliphatic rings. The lowest BCUT2D eigenvalue weighted by Crippen LogP contribution is -2.31. The molecule has 0 fully saturated rings. The lowest BCUT2D eigenvalue weighted by molar-refractivity contribution is -0.120. The Labute approximate surface area is 139 Å². The molecule has 0 aliphatic carbocycles. The first-order chi connectivity index (χ1) is 11.5. The van der Waals surface area contributed by atoms with Crippen molar-refractivity contribution in [3.63, 3.8) is 0 Å². The Morgan fingerprint density at radius 1 is 1.29 bits per heavy atom. The van der Waals surface area contributed by atoms with Crippen LogP contribution < -0.4 is 10.9 Å². The molecule has 1 amide bonds. The van der Waals surface area contributed by atoms with Gasteiger partial charge in [0.1, 0.15) is 16.3 Å². The van der Waals surface area contributed by atoms with Crippen LogP contribution in [0.1, 0.15) is 5.56 Å². The van der Waals surface area contributed by atoms with E-state index in [0.717, 1.165) is 12.1 Å². The molecule has 0 unspecified atom stereocenters. The van der Waals surface area contributed by atoms with E-state index in [4.69, 9.17) is 0 Å². The van der Waals surface area contributed by atoms with Gasteiger partial charge in [0.15, 0.2) is 0 Å². The fourth-order valence-corrected chi connectivity index (χ4v) is 3.05. The standard InChI is InChI=1S/C16H13F2N3O2S/c17-11-2-1-10(12(18)8-11)7-14(22)19-4-5-21-9-20-13-3-6-24-15(13)16(21)23/h1-3,6,8-9H,4-5,7H2,(H,19,22). The van der Waals surface area contributed by atoms with Crippen molar-refractivity contribution < 1.29 is 13.6 Å². The Balaban J connectivity index is 1.58. The van der Waals surface area contributed by atoms with Crippen LogP contribution in [0.3, 0.4) is 0 Å². The third kappa shape index (κ3) is 3.48. The van der Waals surface area contributed by atoms with Crippen molar-refractivity contribution in [1.82, 2.24) is 14.9 Å². The Morgan fingerprint density at radius 2 is 2.12 bits per heavy atom. The van der Waals surface area contributed by atoms with Gasteiger partial charge in [-0.2, -0.15) is 0 Å². The number of hydrogen-bond donors (Lipinski definition) is 1. The van der Waals surface area contributed by atoms with Crippen molar-refractivity contribution in [2.24, 2.45) is 0 Å². The predicted molar refractivity (Wildman–Crippen MR) is 87.0 cm³/mol. The number of hydrogen-bond acceptors (Lipinski definition) is 4. The number of aromatic nitrogens is 2. The highest BCUT2D eigenvalue weighted by Gasteiger charge is 2.09. The van der Waals surface area contributed by atoms with Crippen LogP contribution in [0.25, 0.3) is 10.2 Å². The second-order valence-electron chi connectivity index (χ2n) is 5.14. The van der Waals surface area contributed by atoms with Gasteiger partial charge in [0, 0.05) is 19.2 Å². The van der Waals surface area contributed by atoms with Crippen LogP contribution in [-0.2, 0) is 17.8 Å². The number of halogens is 2. The number of carbonyl (C=O) groups is 1. The van der Waals surface area contributed by atoms with E-state index < -0.39 is 17.5 Å². The van der Waals surface area contributed by atoms with Crippen LogP contribution >= 0.6 is 11.3 Å². The smallest absolute Gasteiger partial charge is 0.271 e. The highest BCUT2D eigenvalue weighted by molar-refractivity contribution is 7.17. The Hall–Kier alpha value is -2.61. The number of benzene rings is 1. The summed E-state index contributed by atoms with van der Waals surface area (Å²) in [5.74, 6) is -1.85. The van der Waals surface area contributed by atoms with Crippen molar-refractivity contribution in [2.45, 2.75) is 13.0 Å². The molecule has 0 saturated heterocycles. The predicted octanol–water partition coefficient (Wildman–Crippen LogP) is 2.10. The molecule has 3 aromatic rings. The quantitative estimate of drug-likeness (QED) is 0.767. The molecule has 0 bridgehead atoms. The summed E-state index contributed by atoms with van der Waals surface area (Å²) in [5, 5.41) is 4.40. The number of rotatable bonds is 5. The number of thiophene rings is 1. The number of nitrogens with one attached hydrogen (secondary N) is 1. The van der Waals surface area contributed by atoms with Gasteiger partial charge in [-0.25, -0.2) is 13.8 Å². The van der Waals surface area contributed by atoms with E-state index in [1.165, 1.54) is 28.3 Å². The average molecular weight is 349 g/mol. The Morgan fingerprint density at radius 3 is 2.92 bits per heavy atom. The van der Waals surface area contributed by atoms with E-state index >= 15 is 0 Å². The van der Waals surface area contributed by atoms with Gasteiger partial charge in [0.25, 0.3) is 5.56 Å². The molecule has 0 radical (unpaired) electrons. The molecule has 0 aliphatic heterocycles. The third-order valence-electron chi connectivity index (χ3n) is 3.48. The molecule has 2 aromatic heterocycles. The zero-order valence-electron chi connectivity index (χ0n) is 12.5. The highest BCUT2D eigenvalue weighted by atomic mass is 32.1. The van der Waals surface area contributed by atoms with Crippen molar-refractivity contribution in [3.05, 3.63) is 63.5 Å². The largest absolute Gasteiger partial charge is 0.354 e. The Kier molecular flexibility index (Phi) is 4.66. The van der Waals surface area contributed by atoms with E-state index in [2.05, 4.69) is 10.3 Å². The molecule has 8 heteroatoms. The zero-order valence-corrected chi connectivity index (χ0v) is 13.3. The molecule has 0 saturated carbocycles. The van der Waals surface area contributed by atoms with E-state index in [1.54, 1.807) is 11.4 Å². The normalized spacial score (nSPS) is 10.9. The van der Waals surface area contributed by atoms with Crippen molar-refractivity contribution in [2.75, 3.05) is 6.54 Å². The lowest BCUT2D eigenvalue weighted by atomic mass is 10.1. The van der Waals surface area contributed by atoms with E-state index in [-0.39, 0.29) is 30.6 Å². The fourth-order valence-electron chi connectivity index (χ4n) is 2.25. The maximum atomic E-state index is 13.5. The SMILES string of the molecule is O=C(Cc1ccc(F)cc1F)NCCn1cnc2ccsc2c1=O. The first-order valence-corrected chi connectivity index (χ1v) is 8.06. The second-order valence-corrected chi connectivity index (χ2v) is 6.06. The van der Waals surface area contributed by atoms with Crippen molar-refractivity contribution in [3.8, 4) is 0 Å².